The topological polar surface area (TPSA) is 79.9 Å². The molecule has 43 heavy (non-hydrogen) atoms. The highest BCUT2D eigenvalue weighted by Crippen LogP contribution is 2.24. The van der Waals surface area contributed by atoms with E-state index in [1.54, 1.807) is 0 Å². The molecule has 0 bridgehead atoms. The van der Waals surface area contributed by atoms with Crippen LogP contribution in [0.15, 0.2) is 36.4 Å². The Kier molecular flexibility index (Phi) is 12.6. The maximum absolute atomic E-state index is 13.2. The van der Waals surface area contributed by atoms with Gasteiger partial charge in [-0.2, -0.15) is 0 Å². The summed E-state index contributed by atoms with van der Waals surface area (Å²) >= 11 is 0. The van der Waals surface area contributed by atoms with E-state index in [4.69, 9.17) is 9.47 Å². The van der Waals surface area contributed by atoms with Crippen LogP contribution in [0.1, 0.15) is 60.8 Å². The molecule has 4 rings (SSSR count). The van der Waals surface area contributed by atoms with Gasteiger partial charge in [-0.05, 0) is 88.6 Å². The van der Waals surface area contributed by atoms with Crippen LogP contribution in [0.2, 0.25) is 0 Å². The van der Waals surface area contributed by atoms with Crippen LogP contribution in [0.25, 0.3) is 0 Å². The van der Waals surface area contributed by atoms with E-state index in [2.05, 4.69) is 15.5 Å². The Morgan fingerprint density at radius 2 is 1.35 bits per heavy atom. The highest BCUT2D eigenvalue weighted by molar-refractivity contribution is 5.96. The molecule has 2 fully saturated rings. The molecule has 2 aliphatic heterocycles. The van der Waals surface area contributed by atoms with Crippen molar-refractivity contribution in [3.63, 3.8) is 0 Å². The molecule has 0 spiro atoms. The van der Waals surface area contributed by atoms with Gasteiger partial charge in [-0.15, -0.1) is 0 Å². The van der Waals surface area contributed by atoms with Gasteiger partial charge in [0.05, 0.1) is 45.6 Å². The lowest BCUT2D eigenvalue weighted by atomic mass is 10.0. The molecule has 2 aliphatic rings. The molecule has 0 aromatic heterocycles. The lowest BCUT2D eigenvalue weighted by molar-refractivity contribution is -0.925. The minimum atomic E-state index is -0.121. The molecule has 2 amide bonds. The Morgan fingerprint density at radius 3 is 1.98 bits per heavy atom. The van der Waals surface area contributed by atoms with E-state index in [0.717, 1.165) is 103 Å². The average molecular weight is 594 g/mol. The van der Waals surface area contributed by atoms with Crippen LogP contribution in [-0.4, -0.2) is 92.9 Å². The monoisotopic (exact) mass is 593 g/mol. The largest absolute Gasteiger partial charge is 0.378 e. The van der Waals surface area contributed by atoms with E-state index < -0.39 is 0 Å². The van der Waals surface area contributed by atoms with Crippen molar-refractivity contribution in [1.29, 1.82) is 0 Å². The molecule has 2 aromatic carbocycles. The summed E-state index contributed by atoms with van der Waals surface area (Å²) in [5.74, 6) is 0.166. The first kappa shape index (κ1) is 33.1. The zero-order valence-corrected chi connectivity index (χ0v) is 26.9. The van der Waals surface area contributed by atoms with Gasteiger partial charge >= 0.3 is 0 Å². The summed E-state index contributed by atoms with van der Waals surface area (Å²) in [6.45, 7) is 15.4. The standard InChI is InChI=1S/C35H52N4O4/c1-27-12-10-13-28(2)33(27)36-32(40)26-39(19-8-5-9-20-39)21-23-43-25-24-42-22-18-38-17-7-6-16-31(38)35(41)37-34-29(3)14-11-15-30(34)4/h10-15,31H,5-9,16-26H2,1-4H3,(H-,36,37,40,41)/p+1. The van der Waals surface area contributed by atoms with Gasteiger partial charge in [-0.3, -0.25) is 14.5 Å². The molecule has 236 valence electrons. The van der Waals surface area contributed by atoms with Crippen LogP contribution < -0.4 is 10.6 Å². The van der Waals surface area contributed by atoms with Crippen LogP contribution in [0.3, 0.4) is 0 Å². The lowest BCUT2D eigenvalue weighted by Crippen LogP contribution is -2.56. The quantitative estimate of drug-likeness (QED) is 0.227. The molecule has 1 unspecified atom stereocenters. The molecule has 0 saturated carbocycles. The maximum Gasteiger partial charge on any atom is 0.279 e. The number of quaternary nitrogens is 1. The first-order valence-corrected chi connectivity index (χ1v) is 16.3. The molecule has 8 heteroatoms. The number of piperidine rings is 2. The van der Waals surface area contributed by atoms with Gasteiger partial charge in [0.25, 0.3) is 5.91 Å². The molecular weight excluding hydrogens is 540 g/mol. The second kappa shape index (κ2) is 16.3. The number of amides is 2. The molecule has 1 atom stereocenters. The Morgan fingerprint density at radius 1 is 0.767 bits per heavy atom. The predicted octanol–water partition coefficient (Wildman–Crippen LogP) is 5.39. The maximum atomic E-state index is 13.2. The van der Waals surface area contributed by atoms with Crippen LogP contribution in [0.4, 0.5) is 11.4 Å². The van der Waals surface area contributed by atoms with Crippen molar-refractivity contribution in [2.45, 2.75) is 72.3 Å². The second-order valence-electron chi connectivity index (χ2n) is 12.6. The molecule has 2 N–H and O–H groups in total. The Balaban J connectivity index is 1.16. The van der Waals surface area contributed by atoms with Gasteiger partial charge in [0.2, 0.25) is 5.91 Å². The summed E-state index contributed by atoms with van der Waals surface area (Å²) in [6, 6.07) is 12.1. The van der Waals surface area contributed by atoms with Crippen molar-refractivity contribution in [3.8, 4) is 0 Å². The number of benzene rings is 2. The molecule has 8 nitrogen and oxygen atoms in total. The number of carbonyl (C=O) groups excluding carboxylic acids is 2. The van der Waals surface area contributed by atoms with Gasteiger partial charge in [0.1, 0.15) is 6.54 Å². The third kappa shape index (κ3) is 9.60. The molecule has 0 aliphatic carbocycles. The zero-order chi connectivity index (χ0) is 30.7. The van der Waals surface area contributed by atoms with Crippen molar-refractivity contribution >= 4 is 23.2 Å². The Hall–Kier alpha value is -2.78. The smallest absolute Gasteiger partial charge is 0.279 e. The van der Waals surface area contributed by atoms with Crippen LogP contribution in [0.5, 0.6) is 0 Å². The highest BCUT2D eigenvalue weighted by atomic mass is 16.5. The molecule has 0 radical (unpaired) electrons. The van der Waals surface area contributed by atoms with E-state index in [-0.39, 0.29) is 17.9 Å². The van der Waals surface area contributed by atoms with Crippen molar-refractivity contribution in [1.82, 2.24) is 4.90 Å². The molecule has 2 heterocycles. The number of hydrogen-bond donors (Lipinski definition) is 2. The van der Waals surface area contributed by atoms with Crippen molar-refractivity contribution in [2.24, 2.45) is 0 Å². The molecular formula is C35H53N4O4+. The van der Waals surface area contributed by atoms with Crippen LogP contribution >= 0.6 is 0 Å². The number of nitrogens with zero attached hydrogens (tertiary/aromatic N) is 2. The fourth-order valence-corrected chi connectivity index (χ4v) is 6.67. The summed E-state index contributed by atoms with van der Waals surface area (Å²) in [4.78, 5) is 28.6. The average Bonchev–Trinajstić information content (AvgIpc) is 2.99. The highest BCUT2D eigenvalue weighted by Gasteiger charge is 2.33. The van der Waals surface area contributed by atoms with E-state index in [1.807, 2.05) is 64.1 Å². The Labute approximate surface area is 258 Å². The minimum Gasteiger partial charge on any atom is -0.378 e. The lowest BCUT2D eigenvalue weighted by Gasteiger charge is -2.41. The summed E-state index contributed by atoms with van der Waals surface area (Å²) in [7, 11) is 0. The summed E-state index contributed by atoms with van der Waals surface area (Å²) in [5.41, 5.74) is 6.24. The SMILES string of the molecule is Cc1cccc(C)c1NC(=O)C[N+]1(CCOCCOCCN2CCCCC2C(=O)Nc2c(C)cccc2C)CCCCC1. The van der Waals surface area contributed by atoms with E-state index in [1.165, 1.54) is 6.42 Å². The van der Waals surface area contributed by atoms with Gasteiger partial charge in [0, 0.05) is 17.9 Å². The van der Waals surface area contributed by atoms with Crippen LogP contribution in [0, 0.1) is 27.7 Å². The predicted molar refractivity (Wildman–Crippen MR) is 174 cm³/mol. The van der Waals surface area contributed by atoms with Crippen LogP contribution in [-0.2, 0) is 19.1 Å². The first-order valence-electron chi connectivity index (χ1n) is 16.3. The van der Waals surface area contributed by atoms with Crippen molar-refractivity contribution in [2.75, 3.05) is 76.3 Å². The van der Waals surface area contributed by atoms with Gasteiger partial charge in [0.15, 0.2) is 6.54 Å². The molecule has 2 saturated heterocycles. The van der Waals surface area contributed by atoms with Gasteiger partial charge in [-0.25, -0.2) is 0 Å². The summed E-state index contributed by atoms with van der Waals surface area (Å²) in [5, 5.41) is 6.38. The fraction of sp³-hybridized carbons (Fsp3) is 0.600. The number of likely N-dealkylation sites (tertiary alicyclic amines) is 2. The third-order valence-corrected chi connectivity index (χ3v) is 9.24. The summed E-state index contributed by atoms with van der Waals surface area (Å²) in [6.07, 6.45) is 6.60. The number of hydrogen-bond acceptors (Lipinski definition) is 5. The number of anilines is 2. The van der Waals surface area contributed by atoms with E-state index in [0.29, 0.717) is 33.0 Å². The van der Waals surface area contributed by atoms with Crippen molar-refractivity contribution in [3.05, 3.63) is 58.7 Å². The number of rotatable bonds is 14. The number of carbonyl (C=O) groups is 2. The summed E-state index contributed by atoms with van der Waals surface area (Å²) < 4.78 is 12.7. The first-order chi connectivity index (χ1) is 20.8. The van der Waals surface area contributed by atoms with Crippen molar-refractivity contribution < 1.29 is 23.5 Å². The number of nitrogens with one attached hydrogen (secondary N) is 2. The van der Waals surface area contributed by atoms with Gasteiger partial charge in [-0.1, -0.05) is 42.8 Å². The normalized spacial score (nSPS) is 18.7. The number of aryl methyl sites for hydroxylation is 4. The Bertz CT molecular complexity index is 1170. The minimum absolute atomic E-state index is 0.0814. The number of ether oxygens (including phenoxy) is 2. The van der Waals surface area contributed by atoms with Gasteiger partial charge < -0.3 is 24.6 Å². The molecule has 2 aromatic rings. The number of para-hydroxylation sites is 2. The van der Waals surface area contributed by atoms with E-state index >= 15 is 0 Å². The third-order valence-electron chi connectivity index (χ3n) is 9.24. The fourth-order valence-electron chi connectivity index (χ4n) is 6.67. The zero-order valence-electron chi connectivity index (χ0n) is 26.9. The van der Waals surface area contributed by atoms with E-state index in [9.17, 15) is 9.59 Å². The second-order valence-corrected chi connectivity index (χ2v) is 12.6.